The van der Waals surface area contributed by atoms with Crippen molar-refractivity contribution in [3.05, 3.63) is 64.7 Å². The molecule has 0 aromatic heterocycles. The van der Waals surface area contributed by atoms with E-state index < -0.39 is 0 Å². The second-order valence-electron chi connectivity index (χ2n) is 6.96. The third-order valence-electron chi connectivity index (χ3n) is 4.69. The van der Waals surface area contributed by atoms with Crippen molar-refractivity contribution in [3.8, 4) is 0 Å². The molecule has 130 valence electrons. The number of rotatable bonds is 5. The van der Waals surface area contributed by atoms with Gasteiger partial charge in [-0.2, -0.15) is 0 Å². The SMILES string of the molecule is Cc1ccc(CNC(=O)C2CC2C(=O)Nc2ccc(C)cc2C)cc1. The zero-order chi connectivity index (χ0) is 18.0. The van der Waals surface area contributed by atoms with Crippen molar-refractivity contribution >= 4 is 17.5 Å². The fourth-order valence-electron chi connectivity index (χ4n) is 2.98. The fraction of sp³-hybridized carbons (Fsp3) is 0.333. The zero-order valence-electron chi connectivity index (χ0n) is 14.9. The molecule has 1 aliphatic carbocycles. The van der Waals surface area contributed by atoms with Crippen molar-refractivity contribution in [2.45, 2.75) is 33.7 Å². The first-order chi connectivity index (χ1) is 11.9. The van der Waals surface area contributed by atoms with E-state index in [1.807, 2.05) is 63.2 Å². The summed E-state index contributed by atoms with van der Waals surface area (Å²) in [6, 6.07) is 14.0. The molecule has 3 rings (SSSR count). The number of hydrogen-bond donors (Lipinski definition) is 2. The van der Waals surface area contributed by atoms with Crippen molar-refractivity contribution in [2.75, 3.05) is 5.32 Å². The molecule has 25 heavy (non-hydrogen) atoms. The molecule has 2 amide bonds. The zero-order valence-corrected chi connectivity index (χ0v) is 14.9. The lowest BCUT2D eigenvalue weighted by Gasteiger charge is -2.09. The Balaban J connectivity index is 1.50. The van der Waals surface area contributed by atoms with Crippen molar-refractivity contribution < 1.29 is 9.59 Å². The number of aryl methyl sites for hydroxylation is 3. The Kier molecular flexibility index (Phi) is 4.88. The van der Waals surface area contributed by atoms with E-state index in [9.17, 15) is 9.59 Å². The monoisotopic (exact) mass is 336 g/mol. The van der Waals surface area contributed by atoms with Crippen molar-refractivity contribution in [3.63, 3.8) is 0 Å². The minimum Gasteiger partial charge on any atom is -0.352 e. The molecule has 2 atom stereocenters. The molecule has 0 spiro atoms. The Hall–Kier alpha value is -2.62. The maximum atomic E-state index is 12.3. The summed E-state index contributed by atoms with van der Waals surface area (Å²) >= 11 is 0. The molecule has 1 saturated carbocycles. The van der Waals surface area contributed by atoms with Gasteiger partial charge in [0.1, 0.15) is 0 Å². The molecule has 1 fully saturated rings. The number of hydrogen-bond acceptors (Lipinski definition) is 2. The van der Waals surface area contributed by atoms with Gasteiger partial charge in [-0.05, 0) is 44.4 Å². The van der Waals surface area contributed by atoms with E-state index in [-0.39, 0.29) is 23.7 Å². The molecule has 1 aliphatic rings. The first-order valence-corrected chi connectivity index (χ1v) is 8.65. The molecule has 0 aliphatic heterocycles. The van der Waals surface area contributed by atoms with Crippen molar-refractivity contribution in [1.82, 2.24) is 5.32 Å². The van der Waals surface area contributed by atoms with Crippen LogP contribution in [-0.4, -0.2) is 11.8 Å². The molecule has 2 unspecified atom stereocenters. The van der Waals surface area contributed by atoms with E-state index in [1.165, 1.54) is 5.56 Å². The van der Waals surface area contributed by atoms with Crippen LogP contribution in [-0.2, 0) is 16.1 Å². The van der Waals surface area contributed by atoms with Gasteiger partial charge in [-0.1, -0.05) is 47.5 Å². The standard InChI is InChI=1S/C21H24N2O2/c1-13-4-7-16(8-5-13)12-22-20(24)17-11-18(17)21(25)23-19-9-6-14(2)10-15(19)3/h4-10,17-18H,11-12H2,1-3H3,(H,22,24)(H,23,25). The summed E-state index contributed by atoms with van der Waals surface area (Å²) in [7, 11) is 0. The van der Waals surface area contributed by atoms with E-state index in [0.29, 0.717) is 13.0 Å². The van der Waals surface area contributed by atoms with Crippen LogP contribution in [0.15, 0.2) is 42.5 Å². The van der Waals surface area contributed by atoms with E-state index >= 15 is 0 Å². The number of carbonyl (C=O) groups excluding carboxylic acids is 2. The lowest BCUT2D eigenvalue weighted by atomic mass is 10.1. The van der Waals surface area contributed by atoms with Gasteiger partial charge in [0.05, 0.1) is 11.8 Å². The summed E-state index contributed by atoms with van der Waals surface area (Å²) in [5.41, 5.74) is 5.28. The number of amides is 2. The average Bonchev–Trinajstić information content (AvgIpc) is 3.37. The second-order valence-corrected chi connectivity index (χ2v) is 6.96. The third kappa shape index (κ3) is 4.27. The molecule has 4 heteroatoms. The topological polar surface area (TPSA) is 58.2 Å². The van der Waals surface area contributed by atoms with Crippen LogP contribution in [0, 0.1) is 32.6 Å². The Morgan fingerprint density at radius 3 is 2.24 bits per heavy atom. The number of anilines is 1. The first kappa shape index (κ1) is 17.2. The van der Waals surface area contributed by atoms with E-state index in [2.05, 4.69) is 10.6 Å². The average molecular weight is 336 g/mol. The van der Waals surface area contributed by atoms with Crippen LogP contribution in [0.2, 0.25) is 0 Å². The van der Waals surface area contributed by atoms with Gasteiger partial charge in [-0.3, -0.25) is 9.59 Å². The van der Waals surface area contributed by atoms with Crippen LogP contribution in [0.1, 0.15) is 28.7 Å². The molecular formula is C21H24N2O2. The van der Waals surface area contributed by atoms with E-state index in [1.54, 1.807) is 0 Å². The van der Waals surface area contributed by atoms with Gasteiger partial charge in [-0.25, -0.2) is 0 Å². The van der Waals surface area contributed by atoms with Crippen LogP contribution in [0.3, 0.4) is 0 Å². The summed E-state index contributed by atoms with van der Waals surface area (Å²) in [5, 5.41) is 5.87. The summed E-state index contributed by atoms with van der Waals surface area (Å²) in [6.07, 6.45) is 0.622. The lowest BCUT2D eigenvalue weighted by molar-refractivity contribution is -0.125. The van der Waals surface area contributed by atoms with Crippen LogP contribution >= 0.6 is 0 Å². The van der Waals surface area contributed by atoms with Gasteiger partial charge in [0.15, 0.2) is 0 Å². The first-order valence-electron chi connectivity index (χ1n) is 8.65. The van der Waals surface area contributed by atoms with Gasteiger partial charge in [0.2, 0.25) is 11.8 Å². The Morgan fingerprint density at radius 1 is 0.920 bits per heavy atom. The van der Waals surface area contributed by atoms with Crippen LogP contribution in [0.25, 0.3) is 0 Å². The number of nitrogens with one attached hydrogen (secondary N) is 2. The highest BCUT2D eigenvalue weighted by atomic mass is 16.2. The Bertz CT molecular complexity index is 796. The predicted octanol–water partition coefficient (Wildman–Crippen LogP) is 3.50. The highest BCUT2D eigenvalue weighted by Gasteiger charge is 2.47. The Morgan fingerprint density at radius 2 is 1.56 bits per heavy atom. The minimum atomic E-state index is -0.223. The van der Waals surface area contributed by atoms with Crippen molar-refractivity contribution in [2.24, 2.45) is 11.8 Å². The van der Waals surface area contributed by atoms with Crippen LogP contribution < -0.4 is 10.6 Å². The van der Waals surface area contributed by atoms with E-state index in [4.69, 9.17) is 0 Å². The van der Waals surface area contributed by atoms with Gasteiger partial charge in [0.25, 0.3) is 0 Å². The molecule has 0 radical (unpaired) electrons. The Labute approximate surface area is 148 Å². The van der Waals surface area contributed by atoms with Gasteiger partial charge < -0.3 is 10.6 Å². The molecule has 2 aromatic rings. The smallest absolute Gasteiger partial charge is 0.228 e. The molecular weight excluding hydrogens is 312 g/mol. The van der Waals surface area contributed by atoms with Crippen LogP contribution in [0.5, 0.6) is 0 Å². The van der Waals surface area contributed by atoms with Gasteiger partial charge in [-0.15, -0.1) is 0 Å². The summed E-state index contributed by atoms with van der Waals surface area (Å²) < 4.78 is 0. The van der Waals surface area contributed by atoms with Gasteiger partial charge in [0, 0.05) is 12.2 Å². The quantitative estimate of drug-likeness (QED) is 0.878. The highest BCUT2D eigenvalue weighted by molar-refractivity contribution is 5.99. The molecule has 0 heterocycles. The van der Waals surface area contributed by atoms with Gasteiger partial charge >= 0.3 is 0 Å². The molecule has 0 saturated heterocycles. The number of benzene rings is 2. The lowest BCUT2D eigenvalue weighted by Crippen LogP contribution is -2.27. The molecule has 0 bridgehead atoms. The molecule has 2 N–H and O–H groups in total. The predicted molar refractivity (Wildman–Crippen MR) is 99.2 cm³/mol. The highest BCUT2D eigenvalue weighted by Crippen LogP contribution is 2.39. The maximum absolute atomic E-state index is 12.3. The molecule has 2 aromatic carbocycles. The normalized spacial score (nSPS) is 18.5. The van der Waals surface area contributed by atoms with E-state index in [0.717, 1.165) is 22.4 Å². The van der Waals surface area contributed by atoms with Crippen LogP contribution in [0.4, 0.5) is 5.69 Å². The summed E-state index contributed by atoms with van der Waals surface area (Å²) in [6.45, 7) is 6.53. The summed E-state index contributed by atoms with van der Waals surface area (Å²) in [4.78, 5) is 24.6. The summed E-state index contributed by atoms with van der Waals surface area (Å²) in [5.74, 6) is -0.543. The fourth-order valence-corrected chi connectivity index (χ4v) is 2.98. The second kappa shape index (κ2) is 7.09. The maximum Gasteiger partial charge on any atom is 0.228 e. The van der Waals surface area contributed by atoms with Crippen molar-refractivity contribution in [1.29, 1.82) is 0 Å². The molecule has 4 nitrogen and oxygen atoms in total. The minimum absolute atomic E-state index is 0.0404. The number of carbonyl (C=O) groups is 2. The third-order valence-corrected chi connectivity index (χ3v) is 4.69. The largest absolute Gasteiger partial charge is 0.352 e.